The number of rotatable bonds is 2. The van der Waals surface area contributed by atoms with Gasteiger partial charge in [-0.2, -0.15) is 0 Å². The molecule has 0 bridgehead atoms. The summed E-state index contributed by atoms with van der Waals surface area (Å²) in [4.78, 5) is 32.8. The summed E-state index contributed by atoms with van der Waals surface area (Å²) < 4.78 is 13.6. The lowest BCUT2D eigenvalue weighted by Gasteiger charge is -2.27. The standard InChI is InChI=1S/C20H18FN3O2/c21-13-3-4-16-14(9-13)15-10-24(6-5-17(15)22-16)20(26)12-7-18(11-1-2-11)23-19(25)8-12/h3-4,7-9,11,22H,1-2,5-6,10H2,(H,23,25). The van der Waals surface area contributed by atoms with Crippen molar-refractivity contribution in [3.63, 3.8) is 0 Å². The smallest absolute Gasteiger partial charge is 0.254 e. The van der Waals surface area contributed by atoms with Crippen molar-refractivity contribution in [3.05, 3.63) is 69.0 Å². The normalized spacial score (nSPS) is 16.7. The minimum absolute atomic E-state index is 0.144. The number of fused-ring (bicyclic) bond motifs is 3. The van der Waals surface area contributed by atoms with E-state index in [4.69, 9.17) is 0 Å². The van der Waals surface area contributed by atoms with E-state index in [2.05, 4.69) is 9.97 Å². The summed E-state index contributed by atoms with van der Waals surface area (Å²) in [6.07, 6.45) is 2.80. The zero-order valence-corrected chi connectivity index (χ0v) is 14.1. The van der Waals surface area contributed by atoms with E-state index in [0.717, 1.165) is 40.7 Å². The lowest BCUT2D eigenvalue weighted by Crippen LogP contribution is -2.36. The first-order valence-electron chi connectivity index (χ1n) is 8.91. The van der Waals surface area contributed by atoms with E-state index in [-0.39, 0.29) is 17.3 Å². The second kappa shape index (κ2) is 5.56. The Labute approximate surface area is 148 Å². The Bertz CT molecular complexity index is 1090. The number of aromatic amines is 2. The Morgan fingerprint density at radius 3 is 2.81 bits per heavy atom. The molecule has 5 rings (SSSR count). The lowest BCUT2D eigenvalue weighted by atomic mass is 10.0. The molecule has 0 radical (unpaired) electrons. The average molecular weight is 351 g/mol. The van der Waals surface area contributed by atoms with Crippen LogP contribution in [0.25, 0.3) is 10.9 Å². The van der Waals surface area contributed by atoms with Crippen LogP contribution in [0.1, 0.15) is 46.1 Å². The summed E-state index contributed by atoms with van der Waals surface area (Å²) >= 11 is 0. The van der Waals surface area contributed by atoms with Gasteiger partial charge in [-0.15, -0.1) is 0 Å². The van der Waals surface area contributed by atoms with Crippen molar-refractivity contribution in [3.8, 4) is 0 Å². The van der Waals surface area contributed by atoms with E-state index < -0.39 is 0 Å². The Balaban J connectivity index is 1.49. The van der Waals surface area contributed by atoms with Crippen LogP contribution in [-0.4, -0.2) is 27.3 Å². The van der Waals surface area contributed by atoms with E-state index >= 15 is 0 Å². The second-order valence-corrected chi connectivity index (χ2v) is 7.21. The molecule has 0 atom stereocenters. The van der Waals surface area contributed by atoms with E-state index in [0.29, 0.717) is 31.0 Å². The van der Waals surface area contributed by atoms with Gasteiger partial charge in [-0.05, 0) is 43.0 Å². The molecule has 2 aromatic heterocycles. The first-order chi connectivity index (χ1) is 12.6. The van der Waals surface area contributed by atoms with Crippen LogP contribution < -0.4 is 5.56 Å². The fourth-order valence-corrected chi connectivity index (χ4v) is 3.84. The third kappa shape index (κ3) is 2.53. The van der Waals surface area contributed by atoms with Crippen molar-refractivity contribution in [1.29, 1.82) is 0 Å². The lowest BCUT2D eigenvalue weighted by molar-refractivity contribution is 0.0734. The monoisotopic (exact) mass is 351 g/mol. The van der Waals surface area contributed by atoms with E-state index in [9.17, 15) is 14.0 Å². The predicted octanol–water partition coefficient (Wildman–Crippen LogP) is 3.07. The van der Waals surface area contributed by atoms with Crippen molar-refractivity contribution in [2.24, 2.45) is 0 Å². The third-order valence-corrected chi connectivity index (χ3v) is 5.35. The molecule has 3 aromatic rings. The predicted molar refractivity (Wildman–Crippen MR) is 95.7 cm³/mol. The molecule has 2 aliphatic rings. The first kappa shape index (κ1) is 15.4. The molecule has 1 amide bonds. The Morgan fingerprint density at radius 1 is 1.15 bits per heavy atom. The summed E-state index contributed by atoms with van der Waals surface area (Å²) in [5.41, 5.74) is 3.96. The Hall–Kier alpha value is -2.89. The first-order valence-corrected chi connectivity index (χ1v) is 8.91. The number of H-pyrrole nitrogens is 2. The van der Waals surface area contributed by atoms with Crippen molar-refractivity contribution in [2.75, 3.05) is 6.54 Å². The van der Waals surface area contributed by atoms with Gasteiger partial charge in [0.2, 0.25) is 5.56 Å². The van der Waals surface area contributed by atoms with Crippen LogP contribution in [0.2, 0.25) is 0 Å². The van der Waals surface area contributed by atoms with Crippen LogP contribution in [-0.2, 0) is 13.0 Å². The zero-order valence-electron chi connectivity index (χ0n) is 14.1. The number of pyridine rings is 1. The molecule has 26 heavy (non-hydrogen) atoms. The van der Waals surface area contributed by atoms with E-state index in [1.807, 2.05) is 6.07 Å². The van der Waals surface area contributed by atoms with Crippen LogP contribution in [0, 0.1) is 5.82 Å². The van der Waals surface area contributed by atoms with Gasteiger partial charge < -0.3 is 14.9 Å². The van der Waals surface area contributed by atoms with Gasteiger partial charge in [0.15, 0.2) is 0 Å². The topological polar surface area (TPSA) is 69.0 Å². The molecule has 1 aromatic carbocycles. The number of amides is 1. The molecule has 3 heterocycles. The number of benzene rings is 1. The van der Waals surface area contributed by atoms with Crippen molar-refractivity contribution in [2.45, 2.75) is 31.7 Å². The second-order valence-electron chi connectivity index (χ2n) is 7.21. The highest BCUT2D eigenvalue weighted by atomic mass is 19.1. The summed E-state index contributed by atoms with van der Waals surface area (Å²) in [5, 5.41) is 0.821. The molecule has 0 spiro atoms. The van der Waals surface area contributed by atoms with Crippen LogP contribution >= 0.6 is 0 Å². The molecular weight excluding hydrogens is 333 g/mol. The number of aromatic nitrogens is 2. The quantitative estimate of drug-likeness (QED) is 0.745. The van der Waals surface area contributed by atoms with Gasteiger partial charge in [0.25, 0.3) is 5.91 Å². The molecular formula is C20H18FN3O2. The number of hydrogen-bond acceptors (Lipinski definition) is 2. The van der Waals surface area contributed by atoms with E-state index in [1.54, 1.807) is 11.0 Å². The Morgan fingerprint density at radius 2 is 2.00 bits per heavy atom. The zero-order chi connectivity index (χ0) is 17.8. The molecule has 1 fully saturated rings. The number of carbonyl (C=O) groups excluding carboxylic acids is 1. The number of nitrogens with one attached hydrogen (secondary N) is 2. The molecule has 2 N–H and O–H groups in total. The van der Waals surface area contributed by atoms with E-state index in [1.165, 1.54) is 18.2 Å². The summed E-state index contributed by atoms with van der Waals surface area (Å²) in [5.74, 6) is -0.0548. The molecule has 0 saturated heterocycles. The minimum Gasteiger partial charge on any atom is -0.358 e. The van der Waals surface area contributed by atoms with Gasteiger partial charge in [0, 0.05) is 59.0 Å². The fraction of sp³-hybridized carbons (Fsp3) is 0.300. The van der Waals surface area contributed by atoms with Crippen LogP contribution in [0.3, 0.4) is 0 Å². The molecule has 5 nitrogen and oxygen atoms in total. The van der Waals surface area contributed by atoms with Crippen LogP contribution in [0.15, 0.2) is 35.1 Å². The van der Waals surface area contributed by atoms with Gasteiger partial charge in [0.1, 0.15) is 5.82 Å². The maximum absolute atomic E-state index is 13.6. The minimum atomic E-state index is -0.286. The van der Waals surface area contributed by atoms with Gasteiger partial charge in [-0.3, -0.25) is 9.59 Å². The average Bonchev–Trinajstić information content (AvgIpc) is 3.42. The largest absolute Gasteiger partial charge is 0.358 e. The summed E-state index contributed by atoms with van der Waals surface area (Å²) in [6, 6.07) is 7.86. The molecule has 1 aliphatic carbocycles. The van der Waals surface area contributed by atoms with Gasteiger partial charge in [-0.25, -0.2) is 4.39 Å². The highest BCUT2D eigenvalue weighted by molar-refractivity contribution is 5.95. The number of nitrogens with zero attached hydrogens (tertiary/aromatic N) is 1. The summed E-state index contributed by atoms with van der Waals surface area (Å²) in [7, 11) is 0. The third-order valence-electron chi connectivity index (χ3n) is 5.35. The Kier molecular flexibility index (Phi) is 3.29. The SMILES string of the molecule is O=C(c1cc(C2CC2)[nH]c(=O)c1)N1CCc2[nH]c3ccc(F)cc3c2C1. The maximum atomic E-state index is 13.6. The van der Waals surface area contributed by atoms with Crippen molar-refractivity contribution in [1.82, 2.24) is 14.9 Å². The highest BCUT2D eigenvalue weighted by Crippen LogP contribution is 2.38. The number of halogens is 1. The number of hydrogen-bond donors (Lipinski definition) is 2. The van der Waals surface area contributed by atoms with Gasteiger partial charge >= 0.3 is 0 Å². The maximum Gasteiger partial charge on any atom is 0.254 e. The molecule has 132 valence electrons. The van der Waals surface area contributed by atoms with Crippen molar-refractivity contribution < 1.29 is 9.18 Å². The molecule has 1 saturated carbocycles. The number of carbonyl (C=O) groups is 1. The van der Waals surface area contributed by atoms with Crippen LogP contribution in [0.4, 0.5) is 4.39 Å². The summed E-state index contributed by atoms with van der Waals surface area (Å²) in [6.45, 7) is 0.996. The highest BCUT2D eigenvalue weighted by Gasteiger charge is 2.28. The van der Waals surface area contributed by atoms with Crippen LogP contribution in [0.5, 0.6) is 0 Å². The van der Waals surface area contributed by atoms with Gasteiger partial charge in [0.05, 0.1) is 0 Å². The van der Waals surface area contributed by atoms with Gasteiger partial charge in [-0.1, -0.05) is 0 Å². The fourth-order valence-electron chi connectivity index (χ4n) is 3.84. The molecule has 6 heteroatoms. The molecule has 1 aliphatic heterocycles. The van der Waals surface area contributed by atoms with Crippen molar-refractivity contribution >= 4 is 16.8 Å². The molecule has 0 unspecified atom stereocenters.